The first-order chi connectivity index (χ1) is 12.9. The van der Waals surface area contributed by atoms with E-state index in [1.165, 1.54) is 18.2 Å². The van der Waals surface area contributed by atoms with Crippen LogP contribution in [0, 0.1) is 0 Å². The van der Waals surface area contributed by atoms with E-state index < -0.39 is 19.1 Å². The normalized spacial score (nSPS) is 19.2. The SMILES string of the molecule is O=C1N=C(N2CCCCC2)S/C1=C/c1ccc(OC(F)F)cc1OC(F)F. The van der Waals surface area contributed by atoms with Gasteiger partial charge in [0, 0.05) is 24.7 Å². The largest absolute Gasteiger partial charge is 0.435 e. The second-order valence-corrected chi connectivity index (χ2v) is 6.82. The van der Waals surface area contributed by atoms with E-state index in [2.05, 4.69) is 14.5 Å². The molecule has 3 rings (SSSR count). The highest BCUT2D eigenvalue weighted by atomic mass is 32.2. The lowest BCUT2D eigenvalue weighted by atomic mass is 10.1. The minimum atomic E-state index is -3.16. The van der Waals surface area contributed by atoms with Gasteiger partial charge in [0.2, 0.25) is 0 Å². The van der Waals surface area contributed by atoms with Crippen molar-refractivity contribution in [3.05, 3.63) is 28.7 Å². The Morgan fingerprint density at radius 3 is 2.44 bits per heavy atom. The zero-order chi connectivity index (χ0) is 19.4. The molecular weight excluding hydrogens is 388 g/mol. The molecule has 0 atom stereocenters. The zero-order valence-electron chi connectivity index (χ0n) is 14.0. The zero-order valence-corrected chi connectivity index (χ0v) is 14.9. The molecule has 0 bridgehead atoms. The minimum absolute atomic E-state index is 0.142. The summed E-state index contributed by atoms with van der Waals surface area (Å²) in [5, 5.41) is 0.583. The fraction of sp³-hybridized carbons (Fsp3) is 0.412. The van der Waals surface area contributed by atoms with Crippen molar-refractivity contribution in [3.8, 4) is 11.5 Å². The van der Waals surface area contributed by atoms with E-state index in [0.29, 0.717) is 5.17 Å². The highest BCUT2D eigenvalue weighted by molar-refractivity contribution is 8.18. The molecule has 0 unspecified atom stereocenters. The van der Waals surface area contributed by atoms with Crippen molar-refractivity contribution >= 4 is 28.9 Å². The Bertz CT molecular complexity index is 765. The number of aliphatic imine (C=N–C) groups is 1. The second kappa shape index (κ2) is 8.64. The van der Waals surface area contributed by atoms with Gasteiger partial charge in [0.05, 0.1) is 4.91 Å². The molecule has 2 aliphatic rings. The van der Waals surface area contributed by atoms with Crippen LogP contribution in [0.15, 0.2) is 28.1 Å². The number of alkyl halides is 4. The molecule has 0 N–H and O–H groups in total. The predicted octanol–water partition coefficient (Wildman–Crippen LogP) is 4.35. The fourth-order valence-corrected chi connectivity index (χ4v) is 3.72. The van der Waals surface area contributed by atoms with Gasteiger partial charge < -0.3 is 14.4 Å². The maximum Gasteiger partial charge on any atom is 0.387 e. The van der Waals surface area contributed by atoms with Crippen molar-refractivity contribution in [1.29, 1.82) is 0 Å². The van der Waals surface area contributed by atoms with Gasteiger partial charge in [-0.05, 0) is 49.2 Å². The Kier molecular flexibility index (Phi) is 6.25. The van der Waals surface area contributed by atoms with Crippen molar-refractivity contribution in [3.63, 3.8) is 0 Å². The van der Waals surface area contributed by atoms with E-state index in [0.717, 1.165) is 50.2 Å². The van der Waals surface area contributed by atoms with Gasteiger partial charge in [-0.15, -0.1) is 0 Å². The number of amides is 1. The number of carbonyl (C=O) groups is 1. The number of carbonyl (C=O) groups excluding carboxylic acids is 1. The van der Waals surface area contributed by atoms with Crippen molar-refractivity contribution in [2.75, 3.05) is 13.1 Å². The lowest BCUT2D eigenvalue weighted by Gasteiger charge is -2.27. The van der Waals surface area contributed by atoms with Crippen LogP contribution in [-0.4, -0.2) is 42.3 Å². The van der Waals surface area contributed by atoms with Gasteiger partial charge in [0.1, 0.15) is 11.5 Å². The second-order valence-electron chi connectivity index (χ2n) is 5.81. The molecule has 2 aliphatic heterocycles. The smallest absolute Gasteiger partial charge is 0.387 e. The average Bonchev–Trinajstić information content (AvgIpc) is 2.98. The Morgan fingerprint density at radius 2 is 1.78 bits per heavy atom. The van der Waals surface area contributed by atoms with Crippen LogP contribution in [0.4, 0.5) is 17.6 Å². The summed E-state index contributed by atoms with van der Waals surface area (Å²) >= 11 is 1.16. The van der Waals surface area contributed by atoms with Crippen LogP contribution >= 0.6 is 11.8 Å². The van der Waals surface area contributed by atoms with Crippen LogP contribution in [0.2, 0.25) is 0 Å². The highest BCUT2D eigenvalue weighted by Crippen LogP contribution is 2.35. The summed E-state index contributed by atoms with van der Waals surface area (Å²) in [5.74, 6) is -1.16. The average molecular weight is 404 g/mol. The number of piperidine rings is 1. The highest BCUT2D eigenvalue weighted by Gasteiger charge is 2.27. The number of rotatable bonds is 5. The van der Waals surface area contributed by atoms with Crippen LogP contribution in [0.1, 0.15) is 24.8 Å². The quantitative estimate of drug-likeness (QED) is 0.540. The van der Waals surface area contributed by atoms with Crippen molar-refractivity contribution in [2.24, 2.45) is 4.99 Å². The van der Waals surface area contributed by atoms with E-state index in [4.69, 9.17) is 0 Å². The van der Waals surface area contributed by atoms with Crippen molar-refractivity contribution < 1.29 is 31.8 Å². The number of likely N-dealkylation sites (tertiary alicyclic amines) is 1. The molecule has 0 aromatic heterocycles. The van der Waals surface area contributed by atoms with Gasteiger partial charge in [-0.3, -0.25) is 4.79 Å². The van der Waals surface area contributed by atoms with Crippen molar-refractivity contribution in [1.82, 2.24) is 4.90 Å². The molecule has 0 saturated carbocycles. The van der Waals surface area contributed by atoms with Crippen LogP contribution in [0.5, 0.6) is 11.5 Å². The molecule has 0 radical (unpaired) electrons. The van der Waals surface area contributed by atoms with Crippen LogP contribution in [0.25, 0.3) is 6.08 Å². The molecule has 5 nitrogen and oxygen atoms in total. The molecule has 146 valence electrons. The summed E-state index contributed by atoms with van der Waals surface area (Å²) in [6.07, 6.45) is 4.53. The molecule has 10 heteroatoms. The Balaban J connectivity index is 1.82. The standard InChI is InChI=1S/C17H16F4N2O3S/c18-15(19)25-11-5-4-10(12(9-11)26-16(20)21)8-13-14(24)22-17(27-13)23-6-2-1-3-7-23/h4-5,8-9,15-16H,1-3,6-7H2/b13-8+. The summed E-state index contributed by atoms with van der Waals surface area (Å²) in [5.41, 5.74) is 0.142. The van der Waals surface area contributed by atoms with Gasteiger partial charge in [0.15, 0.2) is 5.17 Å². The summed E-state index contributed by atoms with van der Waals surface area (Å²) < 4.78 is 58.5. The minimum Gasteiger partial charge on any atom is -0.435 e. The lowest BCUT2D eigenvalue weighted by molar-refractivity contribution is -0.113. The number of hydrogen-bond acceptors (Lipinski definition) is 5. The number of amidine groups is 1. The maximum absolute atomic E-state index is 12.7. The number of ether oxygens (including phenoxy) is 2. The first-order valence-electron chi connectivity index (χ1n) is 8.23. The van der Waals surface area contributed by atoms with Crippen LogP contribution < -0.4 is 9.47 Å². The molecular formula is C17H16F4N2O3S. The van der Waals surface area contributed by atoms with Crippen LogP contribution in [-0.2, 0) is 4.79 Å². The number of halogens is 4. The van der Waals surface area contributed by atoms with Gasteiger partial charge in [0.25, 0.3) is 5.91 Å². The Labute approximate surface area is 157 Å². The molecule has 1 aromatic carbocycles. The summed E-state index contributed by atoms with van der Waals surface area (Å²) in [6, 6.07) is 3.39. The number of thioether (sulfide) groups is 1. The van der Waals surface area contributed by atoms with Crippen LogP contribution in [0.3, 0.4) is 0 Å². The third-order valence-corrected chi connectivity index (χ3v) is 4.99. The van der Waals surface area contributed by atoms with E-state index in [-0.39, 0.29) is 22.0 Å². The van der Waals surface area contributed by atoms with Gasteiger partial charge in [-0.2, -0.15) is 22.6 Å². The number of hydrogen-bond donors (Lipinski definition) is 0. The molecule has 1 amide bonds. The Hall–Kier alpha value is -2.23. The predicted molar refractivity (Wildman–Crippen MR) is 93.1 cm³/mol. The topological polar surface area (TPSA) is 51.1 Å². The number of benzene rings is 1. The molecule has 0 aliphatic carbocycles. The van der Waals surface area contributed by atoms with E-state index in [1.807, 2.05) is 4.90 Å². The van der Waals surface area contributed by atoms with Crippen molar-refractivity contribution in [2.45, 2.75) is 32.5 Å². The first-order valence-corrected chi connectivity index (χ1v) is 9.05. The maximum atomic E-state index is 12.7. The van der Waals surface area contributed by atoms with E-state index >= 15 is 0 Å². The van der Waals surface area contributed by atoms with Gasteiger partial charge >= 0.3 is 13.2 Å². The molecule has 2 heterocycles. The summed E-state index contributed by atoms with van der Waals surface area (Å²) in [7, 11) is 0. The lowest BCUT2D eigenvalue weighted by Crippen LogP contribution is -2.33. The summed E-state index contributed by atoms with van der Waals surface area (Å²) in [4.78, 5) is 18.4. The third-order valence-electron chi connectivity index (χ3n) is 3.95. The van der Waals surface area contributed by atoms with Gasteiger partial charge in [-0.25, -0.2) is 0 Å². The molecule has 1 aromatic rings. The Morgan fingerprint density at radius 1 is 1.07 bits per heavy atom. The monoisotopic (exact) mass is 404 g/mol. The fourth-order valence-electron chi connectivity index (χ4n) is 2.77. The van der Waals surface area contributed by atoms with E-state index in [9.17, 15) is 22.4 Å². The third kappa shape index (κ3) is 5.15. The number of nitrogens with zero attached hydrogens (tertiary/aromatic N) is 2. The molecule has 1 fully saturated rings. The first kappa shape index (κ1) is 19.5. The van der Waals surface area contributed by atoms with E-state index in [1.54, 1.807) is 0 Å². The molecule has 1 saturated heterocycles. The molecule has 27 heavy (non-hydrogen) atoms. The van der Waals surface area contributed by atoms with Gasteiger partial charge in [-0.1, -0.05) is 0 Å². The summed E-state index contributed by atoms with van der Waals surface area (Å²) in [6.45, 7) is -4.63. The molecule has 0 spiro atoms.